The zero-order valence-electron chi connectivity index (χ0n) is 10.6. The molecule has 1 amide bonds. The number of amides is 1. The number of hydrogen-bond acceptors (Lipinski definition) is 3. The van der Waals surface area contributed by atoms with Crippen molar-refractivity contribution < 1.29 is 4.79 Å². The molecule has 6 nitrogen and oxygen atoms in total. The van der Waals surface area contributed by atoms with Gasteiger partial charge >= 0.3 is 0 Å². The molecule has 6 heteroatoms. The van der Waals surface area contributed by atoms with Crippen molar-refractivity contribution in [3.8, 4) is 0 Å². The Hall–Kier alpha value is -2.04. The summed E-state index contributed by atoms with van der Waals surface area (Å²) >= 11 is 0. The van der Waals surface area contributed by atoms with Gasteiger partial charge in [0.25, 0.3) is 0 Å². The minimum absolute atomic E-state index is 0.283. The van der Waals surface area contributed by atoms with E-state index in [0.717, 1.165) is 16.7 Å². The van der Waals surface area contributed by atoms with E-state index in [1.807, 2.05) is 32.0 Å². The molecule has 0 spiro atoms. The molecule has 1 unspecified atom stereocenters. The SMILES string of the molecule is Cc1cccc(C(NCCN=[N+]=[N-])C(N)=O)c1C. The number of benzene rings is 1. The van der Waals surface area contributed by atoms with E-state index in [1.54, 1.807) is 0 Å². The van der Waals surface area contributed by atoms with Gasteiger partial charge in [0.05, 0.1) is 0 Å². The Bertz CT molecular complexity index is 479. The first kappa shape index (κ1) is 14.0. The smallest absolute Gasteiger partial charge is 0.239 e. The third-order valence-electron chi connectivity index (χ3n) is 2.87. The van der Waals surface area contributed by atoms with Gasteiger partial charge in [0.15, 0.2) is 0 Å². The maximum absolute atomic E-state index is 11.5. The molecule has 96 valence electrons. The summed E-state index contributed by atoms with van der Waals surface area (Å²) in [6, 6.07) is 5.19. The predicted molar refractivity (Wildman–Crippen MR) is 69.9 cm³/mol. The van der Waals surface area contributed by atoms with Gasteiger partial charge in [-0.3, -0.25) is 4.79 Å². The van der Waals surface area contributed by atoms with Crippen LogP contribution in [-0.2, 0) is 4.79 Å². The summed E-state index contributed by atoms with van der Waals surface area (Å²) in [6.45, 7) is 4.63. The molecule has 0 aliphatic heterocycles. The fraction of sp³-hybridized carbons (Fsp3) is 0.417. The summed E-state index contributed by atoms with van der Waals surface area (Å²) in [5, 5.41) is 6.40. The van der Waals surface area contributed by atoms with Crippen molar-refractivity contribution in [1.82, 2.24) is 5.32 Å². The molecular weight excluding hydrogens is 230 g/mol. The van der Waals surface area contributed by atoms with Crippen LogP contribution in [0, 0.1) is 13.8 Å². The Morgan fingerprint density at radius 1 is 1.56 bits per heavy atom. The van der Waals surface area contributed by atoms with E-state index in [2.05, 4.69) is 15.3 Å². The monoisotopic (exact) mass is 247 g/mol. The van der Waals surface area contributed by atoms with Gasteiger partial charge in [-0.25, -0.2) is 0 Å². The Kier molecular flexibility index (Phi) is 5.17. The lowest BCUT2D eigenvalue weighted by Gasteiger charge is -2.18. The molecule has 1 aromatic rings. The second-order valence-corrected chi connectivity index (χ2v) is 4.03. The van der Waals surface area contributed by atoms with Gasteiger partial charge in [-0.2, -0.15) is 0 Å². The number of nitrogens with zero attached hydrogens (tertiary/aromatic N) is 3. The van der Waals surface area contributed by atoms with Gasteiger partial charge in [-0.05, 0) is 36.1 Å². The minimum atomic E-state index is -0.557. The van der Waals surface area contributed by atoms with Crippen LogP contribution < -0.4 is 11.1 Å². The number of nitrogens with two attached hydrogens (primary N) is 1. The van der Waals surface area contributed by atoms with Crippen molar-refractivity contribution >= 4 is 5.91 Å². The largest absolute Gasteiger partial charge is 0.368 e. The third kappa shape index (κ3) is 3.48. The fourth-order valence-electron chi connectivity index (χ4n) is 1.75. The van der Waals surface area contributed by atoms with Crippen molar-refractivity contribution in [3.05, 3.63) is 45.3 Å². The van der Waals surface area contributed by atoms with Crippen LogP contribution >= 0.6 is 0 Å². The molecule has 1 aromatic carbocycles. The second kappa shape index (κ2) is 6.64. The van der Waals surface area contributed by atoms with Crippen molar-refractivity contribution in [1.29, 1.82) is 0 Å². The highest BCUT2D eigenvalue weighted by molar-refractivity contribution is 5.82. The van der Waals surface area contributed by atoms with Crippen molar-refractivity contribution in [2.75, 3.05) is 13.1 Å². The summed E-state index contributed by atoms with van der Waals surface area (Å²) in [5.74, 6) is -0.440. The van der Waals surface area contributed by atoms with Crippen LogP contribution in [0.2, 0.25) is 0 Å². The van der Waals surface area contributed by atoms with E-state index in [9.17, 15) is 4.79 Å². The number of carbonyl (C=O) groups excluding carboxylic acids is 1. The number of azide groups is 1. The normalized spacial score (nSPS) is 11.7. The van der Waals surface area contributed by atoms with Crippen molar-refractivity contribution in [2.45, 2.75) is 19.9 Å². The lowest BCUT2D eigenvalue weighted by atomic mass is 9.97. The molecule has 3 N–H and O–H groups in total. The summed E-state index contributed by atoms with van der Waals surface area (Å²) in [7, 11) is 0. The van der Waals surface area contributed by atoms with E-state index >= 15 is 0 Å². The van der Waals surface area contributed by atoms with Gasteiger partial charge in [0.2, 0.25) is 5.91 Å². The second-order valence-electron chi connectivity index (χ2n) is 4.03. The number of nitrogens with one attached hydrogen (secondary N) is 1. The lowest BCUT2D eigenvalue weighted by molar-refractivity contribution is -0.120. The maximum atomic E-state index is 11.5. The van der Waals surface area contributed by atoms with Crippen LogP contribution in [0.3, 0.4) is 0 Å². The quantitative estimate of drug-likeness (QED) is 0.346. The highest BCUT2D eigenvalue weighted by Gasteiger charge is 2.19. The number of aryl methyl sites for hydroxylation is 1. The molecule has 0 heterocycles. The zero-order chi connectivity index (χ0) is 13.5. The lowest BCUT2D eigenvalue weighted by Crippen LogP contribution is -2.35. The summed E-state index contributed by atoms with van der Waals surface area (Å²) < 4.78 is 0. The average molecular weight is 247 g/mol. The van der Waals surface area contributed by atoms with E-state index in [4.69, 9.17) is 11.3 Å². The molecule has 0 saturated carbocycles. The third-order valence-corrected chi connectivity index (χ3v) is 2.87. The van der Waals surface area contributed by atoms with E-state index < -0.39 is 11.9 Å². The van der Waals surface area contributed by atoms with E-state index in [0.29, 0.717) is 6.54 Å². The molecule has 1 rings (SSSR count). The number of carbonyl (C=O) groups is 1. The van der Waals surface area contributed by atoms with Crippen molar-refractivity contribution in [3.63, 3.8) is 0 Å². The first-order chi connectivity index (χ1) is 8.57. The maximum Gasteiger partial charge on any atom is 0.239 e. The molecule has 0 aliphatic carbocycles. The Morgan fingerprint density at radius 2 is 2.28 bits per heavy atom. The molecule has 0 radical (unpaired) electrons. The topological polar surface area (TPSA) is 104 Å². The zero-order valence-corrected chi connectivity index (χ0v) is 10.6. The van der Waals surface area contributed by atoms with E-state index in [1.165, 1.54) is 0 Å². The van der Waals surface area contributed by atoms with Gasteiger partial charge in [-0.1, -0.05) is 23.3 Å². The molecule has 0 bridgehead atoms. The predicted octanol–water partition coefficient (Wildman–Crippen LogP) is 1.73. The fourth-order valence-corrected chi connectivity index (χ4v) is 1.75. The van der Waals surface area contributed by atoms with Crippen LogP contribution in [-0.4, -0.2) is 19.0 Å². The number of primary amides is 1. The molecule has 0 aliphatic rings. The Balaban J connectivity index is 2.87. The van der Waals surface area contributed by atoms with Crippen molar-refractivity contribution in [2.24, 2.45) is 10.8 Å². The summed E-state index contributed by atoms with van der Waals surface area (Å²) in [5.41, 5.74) is 16.6. The molecule has 18 heavy (non-hydrogen) atoms. The highest BCUT2D eigenvalue weighted by atomic mass is 16.1. The highest BCUT2D eigenvalue weighted by Crippen LogP contribution is 2.20. The average Bonchev–Trinajstić information content (AvgIpc) is 2.33. The summed E-state index contributed by atoms with van der Waals surface area (Å²) in [6.07, 6.45) is 0. The van der Waals surface area contributed by atoms with Gasteiger partial charge < -0.3 is 11.1 Å². The van der Waals surface area contributed by atoms with Crippen LogP contribution in [0.15, 0.2) is 23.3 Å². The summed E-state index contributed by atoms with van der Waals surface area (Å²) in [4.78, 5) is 14.1. The van der Waals surface area contributed by atoms with Gasteiger partial charge in [0, 0.05) is 18.0 Å². The Morgan fingerprint density at radius 3 is 2.89 bits per heavy atom. The molecular formula is C12H17N5O. The van der Waals surface area contributed by atoms with Gasteiger partial charge in [-0.15, -0.1) is 0 Å². The minimum Gasteiger partial charge on any atom is -0.368 e. The molecule has 0 aromatic heterocycles. The molecule has 0 saturated heterocycles. The van der Waals surface area contributed by atoms with Crippen LogP contribution in [0.1, 0.15) is 22.7 Å². The van der Waals surface area contributed by atoms with Gasteiger partial charge in [0.1, 0.15) is 6.04 Å². The number of rotatable bonds is 6. The van der Waals surface area contributed by atoms with Crippen LogP contribution in [0.5, 0.6) is 0 Å². The Labute approximate surface area is 106 Å². The first-order valence-electron chi connectivity index (χ1n) is 5.67. The molecule has 0 fully saturated rings. The first-order valence-corrected chi connectivity index (χ1v) is 5.67. The van der Waals surface area contributed by atoms with E-state index in [-0.39, 0.29) is 6.54 Å². The standard InChI is InChI=1S/C12H17N5O/c1-8-4-3-5-10(9(8)2)11(12(13)18)15-6-7-16-17-14/h3-5,11,15H,6-7H2,1-2H3,(H2,13,18). The van der Waals surface area contributed by atoms with Crippen LogP contribution in [0.25, 0.3) is 10.4 Å². The molecule has 1 atom stereocenters. The van der Waals surface area contributed by atoms with Crippen LogP contribution in [0.4, 0.5) is 0 Å². The number of hydrogen-bond donors (Lipinski definition) is 2.